The molecule has 3 aromatic rings. The summed E-state index contributed by atoms with van der Waals surface area (Å²) >= 11 is 1.51. The van der Waals surface area contributed by atoms with Crippen molar-refractivity contribution in [2.45, 2.75) is 25.2 Å². The molecule has 1 atom stereocenters. The van der Waals surface area contributed by atoms with Crippen LogP contribution in [0.2, 0.25) is 0 Å². The summed E-state index contributed by atoms with van der Waals surface area (Å²) in [7, 11) is 0. The van der Waals surface area contributed by atoms with Crippen LogP contribution >= 0.6 is 11.3 Å². The Kier molecular flexibility index (Phi) is 5.83. The number of nitrogens with zero attached hydrogens (tertiary/aromatic N) is 2. The van der Waals surface area contributed by atoms with Crippen LogP contribution in [0.25, 0.3) is 16.8 Å². The molecule has 0 fully saturated rings. The molecule has 1 aromatic heterocycles. The molecule has 0 saturated heterocycles. The van der Waals surface area contributed by atoms with Crippen LogP contribution in [0.3, 0.4) is 0 Å². The molecule has 7 heteroatoms. The van der Waals surface area contributed by atoms with Crippen molar-refractivity contribution in [3.63, 3.8) is 0 Å². The third kappa shape index (κ3) is 4.49. The van der Waals surface area contributed by atoms with Crippen LogP contribution in [0, 0.1) is 11.3 Å². The second kappa shape index (κ2) is 8.70. The van der Waals surface area contributed by atoms with Gasteiger partial charge in [0.05, 0.1) is 29.6 Å². The van der Waals surface area contributed by atoms with Crippen LogP contribution < -0.4 is 10.6 Å². The predicted molar refractivity (Wildman–Crippen MR) is 121 cm³/mol. The van der Waals surface area contributed by atoms with Gasteiger partial charge in [0.1, 0.15) is 11.6 Å². The summed E-state index contributed by atoms with van der Waals surface area (Å²) in [6.45, 7) is 2.00. The number of carbonyl (C=O) groups excluding carboxylic acids is 2. The van der Waals surface area contributed by atoms with Crippen LogP contribution in [0.1, 0.15) is 28.1 Å². The summed E-state index contributed by atoms with van der Waals surface area (Å²) in [5.41, 5.74) is 2.08. The molecular formula is C24H22N4O2S. The monoisotopic (exact) mass is 430 g/mol. The zero-order valence-corrected chi connectivity index (χ0v) is 18.0. The van der Waals surface area contributed by atoms with Crippen molar-refractivity contribution in [1.82, 2.24) is 15.6 Å². The summed E-state index contributed by atoms with van der Waals surface area (Å²) in [5, 5.41) is 16.6. The highest BCUT2D eigenvalue weighted by molar-refractivity contribution is 7.12. The van der Waals surface area contributed by atoms with E-state index in [2.05, 4.69) is 66.1 Å². The van der Waals surface area contributed by atoms with E-state index in [1.165, 1.54) is 27.7 Å². The van der Waals surface area contributed by atoms with E-state index in [9.17, 15) is 9.59 Å². The first-order valence-electron chi connectivity index (χ1n) is 10.0. The molecule has 31 heavy (non-hydrogen) atoms. The Balaban J connectivity index is 1.47. The van der Waals surface area contributed by atoms with E-state index in [1.807, 2.05) is 12.1 Å². The van der Waals surface area contributed by atoms with Crippen molar-refractivity contribution < 1.29 is 9.59 Å². The largest absolute Gasteiger partial charge is 0.347 e. The van der Waals surface area contributed by atoms with E-state index >= 15 is 0 Å². The van der Waals surface area contributed by atoms with Gasteiger partial charge in [-0.25, -0.2) is 4.98 Å². The second-order valence-electron chi connectivity index (χ2n) is 7.76. The molecule has 0 unspecified atom stereocenters. The molecule has 2 aromatic carbocycles. The number of benzene rings is 2. The Labute approximate surface area is 184 Å². The van der Waals surface area contributed by atoms with Crippen LogP contribution in [0.15, 0.2) is 48.5 Å². The number of aromatic nitrogens is 1. The summed E-state index contributed by atoms with van der Waals surface area (Å²) in [6, 6.07) is 16.6. The highest BCUT2D eigenvalue weighted by atomic mass is 32.1. The number of fused-ring (bicyclic) bond motifs is 2. The maximum atomic E-state index is 12.2. The second-order valence-corrected chi connectivity index (χ2v) is 8.88. The fourth-order valence-corrected chi connectivity index (χ4v) is 4.89. The van der Waals surface area contributed by atoms with Gasteiger partial charge in [-0.05, 0) is 22.4 Å². The average Bonchev–Trinajstić information content (AvgIpc) is 3.16. The van der Waals surface area contributed by atoms with Gasteiger partial charge in [0.15, 0.2) is 0 Å². The van der Waals surface area contributed by atoms with Gasteiger partial charge < -0.3 is 10.6 Å². The van der Waals surface area contributed by atoms with Crippen molar-refractivity contribution in [3.8, 4) is 6.07 Å². The maximum Gasteiger partial charge on any atom is 0.240 e. The number of nitrogens with one attached hydrogen (secondary N) is 2. The zero-order chi connectivity index (χ0) is 21.8. The molecule has 0 aliphatic heterocycles. The van der Waals surface area contributed by atoms with Gasteiger partial charge in [0, 0.05) is 11.8 Å². The third-order valence-corrected chi connectivity index (χ3v) is 6.50. The number of hydrogen-bond donors (Lipinski definition) is 2. The van der Waals surface area contributed by atoms with E-state index in [-0.39, 0.29) is 36.7 Å². The standard InChI is InChI=1S/C24H22N4O2S/c1-24(18-8-4-6-16-5-2-3-7-17(16)18)10-9-20-19(14-24)28-23(31-20)13-21(29)27-15-22(30)26-12-11-25/h2-10H,12-15H2,1H3,(H,26,30)(H,27,29)/t24-/m1/s1. The Morgan fingerprint density at radius 3 is 2.81 bits per heavy atom. The van der Waals surface area contributed by atoms with Crippen molar-refractivity contribution in [3.05, 3.63) is 69.7 Å². The Hall–Kier alpha value is -3.50. The lowest BCUT2D eigenvalue weighted by Gasteiger charge is -2.30. The Morgan fingerprint density at radius 2 is 1.97 bits per heavy atom. The number of rotatable bonds is 6. The van der Waals surface area contributed by atoms with Gasteiger partial charge in [0.2, 0.25) is 11.8 Å². The molecule has 2 amide bonds. The Bertz CT molecular complexity index is 1220. The van der Waals surface area contributed by atoms with Crippen molar-refractivity contribution >= 4 is 40.0 Å². The number of thiazole rings is 1. The molecule has 1 aliphatic carbocycles. The summed E-state index contributed by atoms with van der Waals surface area (Å²) in [5.74, 6) is -0.652. The smallest absolute Gasteiger partial charge is 0.240 e. The highest BCUT2D eigenvalue weighted by Crippen LogP contribution is 2.40. The topological polar surface area (TPSA) is 94.9 Å². The van der Waals surface area contributed by atoms with Crippen LogP contribution in [0.4, 0.5) is 0 Å². The highest BCUT2D eigenvalue weighted by Gasteiger charge is 2.31. The molecule has 1 heterocycles. The van der Waals surface area contributed by atoms with Crippen molar-refractivity contribution in [1.29, 1.82) is 5.26 Å². The van der Waals surface area contributed by atoms with Crippen LogP contribution in [0.5, 0.6) is 0 Å². The van der Waals surface area contributed by atoms with Gasteiger partial charge in [-0.1, -0.05) is 55.5 Å². The van der Waals surface area contributed by atoms with Gasteiger partial charge in [0.25, 0.3) is 0 Å². The van der Waals surface area contributed by atoms with E-state index in [0.29, 0.717) is 0 Å². The summed E-state index contributed by atoms with van der Waals surface area (Å²) < 4.78 is 0. The lowest BCUT2D eigenvalue weighted by molar-refractivity contribution is -0.125. The molecule has 6 nitrogen and oxygen atoms in total. The third-order valence-electron chi connectivity index (χ3n) is 5.44. The molecule has 0 spiro atoms. The molecular weight excluding hydrogens is 408 g/mol. The fraction of sp³-hybridized carbons (Fsp3) is 0.250. The SMILES string of the molecule is C[C@@]1(c2cccc3ccccc23)C=Cc2sc(CC(=O)NCC(=O)NCC#N)nc2C1. The molecule has 4 rings (SSSR count). The van der Waals surface area contributed by atoms with E-state index in [0.717, 1.165) is 22.0 Å². The quantitative estimate of drug-likeness (QED) is 0.588. The average molecular weight is 431 g/mol. The van der Waals surface area contributed by atoms with Crippen LogP contribution in [-0.2, 0) is 27.8 Å². The Morgan fingerprint density at radius 1 is 1.16 bits per heavy atom. The number of nitriles is 1. The van der Waals surface area contributed by atoms with Gasteiger partial charge in [-0.3, -0.25) is 9.59 Å². The van der Waals surface area contributed by atoms with Crippen molar-refractivity contribution in [2.24, 2.45) is 0 Å². The maximum absolute atomic E-state index is 12.2. The van der Waals surface area contributed by atoms with Gasteiger partial charge in [-0.15, -0.1) is 11.3 Å². The molecule has 0 saturated carbocycles. The first kappa shape index (κ1) is 20.8. The summed E-state index contributed by atoms with van der Waals surface area (Å²) in [6.07, 6.45) is 5.23. The molecule has 0 bridgehead atoms. The predicted octanol–water partition coefficient (Wildman–Crippen LogP) is 3.12. The fourth-order valence-electron chi connectivity index (χ4n) is 3.90. The first-order valence-corrected chi connectivity index (χ1v) is 10.9. The minimum atomic E-state index is -0.387. The molecule has 156 valence electrons. The first-order chi connectivity index (χ1) is 15.0. The van der Waals surface area contributed by atoms with E-state index < -0.39 is 0 Å². The molecule has 0 radical (unpaired) electrons. The number of hydrogen-bond acceptors (Lipinski definition) is 5. The van der Waals surface area contributed by atoms with Crippen molar-refractivity contribution in [2.75, 3.05) is 13.1 Å². The number of amides is 2. The number of carbonyl (C=O) groups is 2. The van der Waals surface area contributed by atoms with Gasteiger partial charge in [-0.2, -0.15) is 5.26 Å². The normalized spacial score (nSPS) is 17.0. The minimum Gasteiger partial charge on any atom is -0.347 e. The van der Waals surface area contributed by atoms with Gasteiger partial charge >= 0.3 is 0 Å². The molecule has 2 N–H and O–H groups in total. The minimum absolute atomic E-state index is 0.0737. The van der Waals surface area contributed by atoms with E-state index in [1.54, 1.807) is 0 Å². The number of allylic oxidation sites excluding steroid dienone is 1. The lowest BCUT2D eigenvalue weighted by Crippen LogP contribution is -2.37. The van der Waals surface area contributed by atoms with E-state index in [4.69, 9.17) is 10.2 Å². The van der Waals surface area contributed by atoms with Crippen LogP contribution in [-0.4, -0.2) is 29.9 Å². The lowest BCUT2D eigenvalue weighted by atomic mass is 9.74. The molecule has 1 aliphatic rings. The summed E-state index contributed by atoms with van der Waals surface area (Å²) in [4.78, 5) is 29.5. The zero-order valence-electron chi connectivity index (χ0n) is 17.1.